The molecule has 1 atom stereocenters. The second-order valence-corrected chi connectivity index (χ2v) is 3.19. The van der Waals surface area contributed by atoms with Crippen molar-refractivity contribution in [1.29, 1.82) is 0 Å². The van der Waals surface area contributed by atoms with Gasteiger partial charge in [-0.3, -0.25) is 4.79 Å². The number of azide groups is 1. The van der Waals surface area contributed by atoms with Crippen molar-refractivity contribution < 1.29 is 4.79 Å². The molecule has 15 heavy (non-hydrogen) atoms. The molecule has 78 valence electrons. The highest BCUT2D eigenvalue weighted by Gasteiger charge is 2.11. The summed E-state index contributed by atoms with van der Waals surface area (Å²) in [5, 5.41) is 6.01. The van der Waals surface area contributed by atoms with Crippen LogP contribution in [-0.2, 0) is 4.79 Å². The van der Waals surface area contributed by atoms with Gasteiger partial charge in [0.05, 0.1) is 0 Å². The van der Waals surface area contributed by atoms with E-state index in [-0.39, 0.29) is 5.91 Å². The van der Waals surface area contributed by atoms with Gasteiger partial charge in [-0.2, -0.15) is 0 Å². The molecule has 0 spiro atoms. The number of aryl methyl sites for hydroxylation is 1. The van der Waals surface area contributed by atoms with Gasteiger partial charge in [-0.1, -0.05) is 23.3 Å². The van der Waals surface area contributed by atoms with Gasteiger partial charge in [0.2, 0.25) is 5.91 Å². The topological polar surface area (TPSA) is 77.9 Å². The molecule has 0 bridgehead atoms. The summed E-state index contributed by atoms with van der Waals surface area (Å²) in [4.78, 5) is 14.1. The summed E-state index contributed by atoms with van der Waals surface area (Å²) in [5.74, 6) is -0.304. The molecule has 0 aliphatic heterocycles. The SMILES string of the molecule is Cc1ccccc1NC(=O)C(C)N=[N+]=[N-]. The van der Waals surface area contributed by atoms with Crippen LogP contribution in [0.25, 0.3) is 10.4 Å². The molecule has 0 aromatic heterocycles. The van der Waals surface area contributed by atoms with Crippen LogP contribution < -0.4 is 5.32 Å². The van der Waals surface area contributed by atoms with Crippen molar-refractivity contribution in [2.24, 2.45) is 5.11 Å². The fraction of sp³-hybridized carbons (Fsp3) is 0.300. The minimum absolute atomic E-state index is 0.304. The zero-order valence-corrected chi connectivity index (χ0v) is 8.64. The van der Waals surface area contributed by atoms with Crippen LogP contribution in [-0.4, -0.2) is 11.9 Å². The highest BCUT2D eigenvalue weighted by molar-refractivity contribution is 5.95. The van der Waals surface area contributed by atoms with Gasteiger partial charge in [0.25, 0.3) is 0 Å². The Morgan fingerprint density at radius 3 is 2.80 bits per heavy atom. The lowest BCUT2D eigenvalue weighted by atomic mass is 10.2. The van der Waals surface area contributed by atoms with Gasteiger partial charge in [-0.15, -0.1) is 0 Å². The Labute approximate surface area is 87.7 Å². The van der Waals surface area contributed by atoms with Crippen LogP contribution in [0.2, 0.25) is 0 Å². The lowest BCUT2D eigenvalue weighted by Crippen LogP contribution is -2.23. The lowest BCUT2D eigenvalue weighted by Gasteiger charge is -2.09. The summed E-state index contributed by atoms with van der Waals surface area (Å²) in [5.41, 5.74) is 9.89. The van der Waals surface area contributed by atoms with E-state index in [1.165, 1.54) is 0 Å². The van der Waals surface area contributed by atoms with Gasteiger partial charge in [0.15, 0.2) is 0 Å². The molecule has 0 fully saturated rings. The number of nitrogens with zero attached hydrogens (tertiary/aromatic N) is 3. The Morgan fingerprint density at radius 2 is 2.20 bits per heavy atom. The highest BCUT2D eigenvalue weighted by Crippen LogP contribution is 2.13. The molecular weight excluding hydrogens is 192 g/mol. The third-order valence-corrected chi connectivity index (χ3v) is 2.01. The fourth-order valence-electron chi connectivity index (χ4n) is 1.08. The second-order valence-electron chi connectivity index (χ2n) is 3.19. The second kappa shape index (κ2) is 5.02. The molecule has 5 heteroatoms. The summed E-state index contributed by atoms with van der Waals surface area (Å²) in [6, 6.07) is 6.72. The number of benzene rings is 1. The van der Waals surface area contributed by atoms with E-state index < -0.39 is 6.04 Å². The molecule has 0 radical (unpaired) electrons. The molecule has 1 aromatic carbocycles. The molecule has 0 heterocycles. The zero-order chi connectivity index (χ0) is 11.3. The van der Waals surface area contributed by atoms with Crippen LogP contribution in [0.5, 0.6) is 0 Å². The average Bonchev–Trinajstić information content (AvgIpc) is 2.21. The Hall–Kier alpha value is -2.00. The molecule has 0 aliphatic rings. The molecule has 0 saturated carbocycles. The number of nitrogens with one attached hydrogen (secondary N) is 1. The van der Waals surface area contributed by atoms with Crippen molar-refractivity contribution in [3.8, 4) is 0 Å². The van der Waals surface area contributed by atoms with Gasteiger partial charge in [-0.05, 0) is 31.0 Å². The lowest BCUT2D eigenvalue weighted by molar-refractivity contribution is -0.117. The van der Waals surface area contributed by atoms with E-state index >= 15 is 0 Å². The first-order valence-electron chi connectivity index (χ1n) is 4.56. The third kappa shape index (κ3) is 3.00. The average molecular weight is 204 g/mol. The van der Waals surface area contributed by atoms with E-state index in [9.17, 15) is 4.79 Å². The summed E-state index contributed by atoms with van der Waals surface area (Å²) in [6.07, 6.45) is 0. The number of hydrogen-bond donors (Lipinski definition) is 1. The van der Waals surface area contributed by atoms with Crippen molar-refractivity contribution in [3.63, 3.8) is 0 Å². The van der Waals surface area contributed by atoms with Crippen molar-refractivity contribution in [2.75, 3.05) is 5.32 Å². The van der Waals surface area contributed by atoms with Gasteiger partial charge >= 0.3 is 0 Å². The fourth-order valence-corrected chi connectivity index (χ4v) is 1.08. The summed E-state index contributed by atoms with van der Waals surface area (Å²) < 4.78 is 0. The van der Waals surface area contributed by atoms with Gasteiger partial charge in [0.1, 0.15) is 6.04 Å². The zero-order valence-electron chi connectivity index (χ0n) is 8.64. The Morgan fingerprint density at radius 1 is 1.53 bits per heavy atom. The third-order valence-electron chi connectivity index (χ3n) is 2.01. The Kier molecular flexibility index (Phi) is 3.71. The van der Waals surface area contributed by atoms with Crippen molar-refractivity contribution in [2.45, 2.75) is 19.9 Å². The summed E-state index contributed by atoms with van der Waals surface area (Å²) in [7, 11) is 0. The summed E-state index contributed by atoms with van der Waals surface area (Å²) in [6.45, 7) is 3.45. The number of amides is 1. The minimum Gasteiger partial charge on any atom is -0.326 e. The van der Waals surface area contributed by atoms with Gasteiger partial charge in [-0.25, -0.2) is 0 Å². The number of carbonyl (C=O) groups is 1. The monoisotopic (exact) mass is 204 g/mol. The van der Waals surface area contributed by atoms with E-state index in [0.717, 1.165) is 11.3 Å². The van der Waals surface area contributed by atoms with E-state index in [2.05, 4.69) is 15.3 Å². The molecule has 1 N–H and O–H groups in total. The van der Waals surface area contributed by atoms with Crippen molar-refractivity contribution >= 4 is 11.6 Å². The number of hydrogen-bond acceptors (Lipinski definition) is 2. The first-order chi connectivity index (χ1) is 7.15. The smallest absolute Gasteiger partial charge is 0.233 e. The van der Waals surface area contributed by atoms with Gasteiger partial charge in [0, 0.05) is 10.6 Å². The molecule has 0 saturated heterocycles. The van der Waals surface area contributed by atoms with Crippen LogP contribution in [0.3, 0.4) is 0 Å². The number of para-hydroxylation sites is 1. The maximum Gasteiger partial charge on any atom is 0.233 e. The quantitative estimate of drug-likeness (QED) is 0.458. The maximum absolute atomic E-state index is 11.5. The van der Waals surface area contributed by atoms with Crippen LogP contribution in [0.4, 0.5) is 5.69 Å². The predicted molar refractivity (Wildman–Crippen MR) is 58.4 cm³/mol. The molecule has 1 rings (SSSR count). The standard InChI is InChI=1S/C10H12N4O/c1-7-5-3-4-6-9(7)12-10(15)8(2)13-14-11/h3-6,8H,1-2H3,(H,12,15). The minimum atomic E-state index is -0.699. The maximum atomic E-state index is 11.5. The van der Waals surface area contributed by atoms with Crippen LogP contribution in [0, 0.1) is 6.92 Å². The van der Waals surface area contributed by atoms with Crippen molar-refractivity contribution in [1.82, 2.24) is 0 Å². The predicted octanol–water partition coefficient (Wildman–Crippen LogP) is 2.63. The summed E-state index contributed by atoms with van der Waals surface area (Å²) >= 11 is 0. The Balaban J connectivity index is 2.75. The van der Waals surface area contributed by atoms with Crippen molar-refractivity contribution in [3.05, 3.63) is 40.3 Å². The van der Waals surface area contributed by atoms with E-state index in [1.807, 2.05) is 25.1 Å². The van der Waals surface area contributed by atoms with E-state index in [0.29, 0.717) is 0 Å². The van der Waals surface area contributed by atoms with E-state index in [1.54, 1.807) is 13.0 Å². The number of rotatable bonds is 3. The molecule has 1 unspecified atom stereocenters. The molecule has 5 nitrogen and oxygen atoms in total. The van der Waals surface area contributed by atoms with Crippen LogP contribution in [0.15, 0.2) is 29.4 Å². The normalized spacial score (nSPS) is 11.3. The van der Waals surface area contributed by atoms with Crippen LogP contribution in [0.1, 0.15) is 12.5 Å². The largest absolute Gasteiger partial charge is 0.326 e. The highest BCUT2D eigenvalue weighted by atomic mass is 16.2. The first-order valence-corrected chi connectivity index (χ1v) is 4.56. The van der Waals surface area contributed by atoms with E-state index in [4.69, 9.17) is 5.53 Å². The molecule has 0 aliphatic carbocycles. The molecular formula is C10H12N4O. The molecule has 1 amide bonds. The van der Waals surface area contributed by atoms with Crippen LogP contribution >= 0.6 is 0 Å². The Bertz CT molecular complexity index is 410. The molecule has 1 aromatic rings. The first kappa shape index (κ1) is 11.1. The number of carbonyl (C=O) groups excluding carboxylic acids is 1. The number of anilines is 1. The van der Waals surface area contributed by atoms with Gasteiger partial charge < -0.3 is 5.32 Å².